The number of carbonyl (C=O) groups excluding carboxylic acids is 1. The van der Waals surface area contributed by atoms with Crippen molar-refractivity contribution in [2.45, 2.75) is 0 Å². The lowest BCUT2D eigenvalue weighted by molar-refractivity contribution is -0.117. The average Bonchev–Trinajstić information content (AvgIpc) is 2.31. The van der Waals surface area contributed by atoms with Gasteiger partial charge >= 0.3 is 0 Å². The minimum absolute atomic E-state index is 0.224. The molecule has 0 aromatic rings. The molecule has 0 saturated carbocycles. The van der Waals surface area contributed by atoms with Gasteiger partial charge in [0.05, 0.1) is 26.4 Å². The van der Waals surface area contributed by atoms with Crippen molar-refractivity contribution in [2.24, 2.45) is 5.73 Å². The molecule has 1 amide bonds. The lowest BCUT2D eigenvalue weighted by Crippen LogP contribution is -2.28. The van der Waals surface area contributed by atoms with E-state index in [-0.39, 0.29) is 5.91 Å². The fourth-order valence-electron chi connectivity index (χ4n) is 0.848. The van der Waals surface area contributed by atoms with E-state index in [1.165, 1.54) is 6.08 Å². The molecule has 5 heteroatoms. The first-order chi connectivity index (χ1) is 7.72. The van der Waals surface area contributed by atoms with E-state index >= 15 is 0 Å². The summed E-state index contributed by atoms with van der Waals surface area (Å²) in [6, 6.07) is 0. The Labute approximate surface area is 96.3 Å². The second-order valence-corrected chi connectivity index (χ2v) is 3.00. The van der Waals surface area contributed by atoms with Gasteiger partial charge in [0.1, 0.15) is 0 Å². The summed E-state index contributed by atoms with van der Waals surface area (Å²) >= 11 is 0. The Morgan fingerprint density at radius 1 is 1.25 bits per heavy atom. The third-order valence-corrected chi connectivity index (χ3v) is 1.70. The Kier molecular flexibility index (Phi) is 9.59. The quantitative estimate of drug-likeness (QED) is 0.309. The van der Waals surface area contributed by atoms with E-state index < -0.39 is 0 Å². The molecule has 16 heavy (non-hydrogen) atoms. The second kappa shape index (κ2) is 10.4. The molecule has 0 fully saturated rings. The highest BCUT2D eigenvalue weighted by molar-refractivity contribution is 5.95. The molecule has 0 bridgehead atoms. The van der Waals surface area contributed by atoms with Crippen LogP contribution in [0.4, 0.5) is 0 Å². The maximum Gasteiger partial charge on any atom is 0.250 e. The molecule has 0 rings (SSSR count). The number of nitrogens with two attached hydrogens (primary N) is 1. The third-order valence-electron chi connectivity index (χ3n) is 1.70. The summed E-state index contributed by atoms with van der Waals surface area (Å²) in [7, 11) is 0. The zero-order chi connectivity index (χ0) is 12.2. The van der Waals surface area contributed by atoms with Crippen LogP contribution in [0.25, 0.3) is 0 Å². The molecule has 0 radical (unpaired) electrons. The van der Waals surface area contributed by atoms with Crippen LogP contribution in [-0.2, 0) is 14.3 Å². The highest BCUT2D eigenvalue weighted by atomic mass is 16.5. The zero-order valence-electron chi connectivity index (χ0n) is 9.54. The normalized spacial score (nSPS) is 9.81. The second-order valence-electron chi connectivity index (χ2n) is 3.00. The van der Waals surface area contributed by atoms with Crippen LogP contribution in [0.5, 0.6) is 0 Å². The molecule has 0 aliphatic rings. The molecular weight excluding hydrogens is 208 g/mol. The summed E-state index contributed by atoms with van der Waals surface area (Å²) in [4.78, 5) is 11.2. The van der Waals surface area contributed by atoms with Crippen molar-refractivity contribution >= 4 is 5.91 Å². The monoisotopic (exact) mass is 228 g/mol. The molecule has 92 valence electrons. The molecule has 0 unspecified atom stereocenters. The predicted molar refractivity (Wildman–Crippen MR) is 63.0 cm³/mol. The molecule has 0 aliphatic heterocycles. The van der Waals surface area contributed by atoms with Gasteiger partial charge in [0.25, 0.3) is 5.91 Å². The first-order valence-corrected chi connectivity index (χ1v) is 5.17. The van der Waals surface area contributed by atoms with Gasteiger partial charge in [-0.3, -0.25) is 4.79 Å². The van der Waals surface area contributed by atoms with Crippen molar-refractivity contribution in [3.8, 4) is 0 Å². The van der Waals surface area contributed by atoms with Gasteiger partial charge in [-0.2, -0.15) is 0 Å². The van der Waals surface area contributed by atoms with E-state index in [0.29, 0.717) is 45.1 Å². The number of nitrogens with one attached hydrogen (secondary N) is 1. The van der Waals surface area contributed by atoms with Crippen LogP contribution in [0, 0.1) is 0 Å². The van der Waals surface area contributed by atoms with Gasteiger partial charge in [-0.15, -0.1) is 0 Å². The fraction of sp³-hybridized carbons (Fsp3) is 0.545. The number of ether oxygens (including phenoxy) is 2. The van der Waals surface area contributed by atoms with Crippen LogP contribution in [0.15, 0.2) is 24.8 Å². The van der Waals surface area contributed by atoms with Crippen LogP contribution in [0.3, 0.4) is 0 Å². The Balaban J connectivity index is 3.24. The third kappa shape index (κ3) is 8.16. The lowest BCUT2D eigenvalue weighted by Gasteiger charge is -2.06. The van der Waals surface area contributed by atoms with Gasteiger partial charge in [0, 0.05) is 18.7 Å². The Hall–Kier alpha value is -1.17. The largest absolute Gasteiger partial charge is 0.378 e. The van der Waals surface area contributed by atoms with Crippen LogP contribution < -0.4 is 11.1 Å². The minimum atomic E-state index is -0.224. The van der Waals surface area contributed by atoms with Crippen LogP contribution >= 0.6 is 0 Å². The van der Waals surface area contributed by atoms with Gasteiger partial charge in [-0.25, -0.2) is 0 Å². The number of hydrogen-bond acceptors (Lipinski definition) is 4. The topological polar surface area (TPSA) is 73.6 Å². The molecule has 0 atom stereocenters. The van der Waals surface area contributed by atoms with Crippen molar-refractivity contribution in [3.63, 3.8) is 0 Å². The number of carbonyl (C=O) groups is 1. The van der Waals surface area contributed by atoms with Crippen molar-refractivity contribution in [2.75, 3.05) is 39.5 Å². The van der Waals surface area contributed by atoms with Crippen molar-refractivity contribution < 1.29 is 14.3 Å². The molecular formula is C11H20N2O3. The van der Waals surface area contributed by atoms with E-state index in [9.17, 15) is 4.79 Å². The standard InChI is InChI=1S/C11H20N2O3/c1-3-10(2)11(14)13-5-7-16-9-8-15-6-4-12/h3H,1-2,4-9,12H2,(H,13,14). The summed E-state index contributed by atoms with van der Waals surface area (Å²) in [5.74, 6) is -0.224. The van der Waals surface area contributed by atoms with Gasteiger partial charge in [0.15, 0.2) is 0 Å². The van der Waals surface area contributed by atoms with Gasteiger partial charge in [0.2, 0.25) is 0 Å². The Morgan fingerprint density at radius 2 is 1.88 bits per heavy atom. The first kappa shape index (κ1) is 14.8. The van der Waals surface area contributed by atoms with Crippen molar-refractivity contribution in [3.05, 3.63) is 24.8 Å². The van der Waals surface area contributed by atoms with E-state index in [1.54, 1.807) is 0 Å². The fourth-order valence-corrected chi connectivity index (χ4v) is 0.848. The summed E-state index contributed by atoms with van der Waals surface area (Å²) in [5, 5.41) is 2.64. The van der Waals surface area contributed by atoms with Gasteiger partial charge in [-0.05, 0) is 0 Å². The van der Waals surface area contributed by atoms with E-state index in [1.807, 2.05) is 0 Å². The summed E-state index contributed by atoms with van der Waals surface area (Å²) in [6.45, 7) is 9.93. The van der Waals surface area contributed by atoms with Gasteiger partial charge in [-0.1, -0.05) is 19.2 Å². The molecule has 0 saturated heterocycles. The van der Waals surface area contributed by atoms with E-state index in [2.05, 4.69) is 18.5 Å². The predicted octanol–water partition coefficient (Wildman–Crippen LogP) is -0.163. The minimum Gasteiger partial charge on any atom is -0.378 e. The lowest BCUT2D eigenvalue weighted by atomic mass is 10.3. The van der Waals surface area contributed by atoms with Crippen LogP contribution in [-0.4, -0.2) is 45.4 Å². The highest BCUT2D eigenvalue weighted by Crippen LogP contribution is 1.89. The molecule has 0 aliphatic carbocycles. The molecule has 0 heterocycles. The molecule has 0 aromatic heterocycles. The maximum absolute atomic E-state index is 11.2. The smallest absolute Gasteiger partial charge is 0.250 e. The van der Waals surface area contributed by atoms with Crippen molar-refractivity contribution in [1.29, 1.82) is 0 Å². The van der Waals surface area contributed by atoms with E-state index in [0.717, 1.165) is 0 Å². The number of rotatable bonds is 10. The summed E-state index contributed by atoms with van der Waals surface area (Å²) in [5.41, 5.74) is 5.59. The molecule has 5 nitrogen and oxygen atoms in total. The average molecular weight is 228 g/mol. The number of hydrogen-bond donors (Lipinski definition) is 2. The zero-order valence-corrected chi connectivity index (χ0v) is 9.54. The first-order valence-electron chi connectivity index (χ1n) is 5.17. The molecule has 3 N–H and O–H groups in total. The van der Waals surface area contributed by atoms with Crippen LogP contribution in [0.2, 0.25) is 0 Å². The molecule has 0 spiro atoms. The highest BCUT2D eigenvalue weighted by Gasteiger charge is 2.00. The number of amides is 1. The van der Waals surface area contributed by atoms with E-state index in [4.69, 9.17) is 15.2 Å². The molecule has 0 aromatic carbocycles. The van der Waals surface area contributed by atoms with Crippen molar-refractivity contribution in [1.82, 2.24) is 5.32 Å². The summed E-state index contributed by atoms with van der Waals surface area (Å²) in [6.07, 6.45) is 1.41. The Bertz CT molecular complexity index is 229. The maximum atomic E-state index is 11.2. The van der Waals surface area contributed by atoms with Gasteiger partial charge < -0.3 is 20.5 Å². The SMILES string of the molecule is C=CC(=C)C(=O)NCCOCCOCCN. The summed E-state index contributed by atoms with van der Waals surface area (Å²) < 4.78 is 10.3. The Morgan fingerprint density at radius 3 is 2.44 bits per heavy atom. The van der Waals surface area contributed by atoms with Crippen LogP contribution in [0.1, 0.15) is 0 Å².